The highest BCUT2D eigenvalue weighted by molar-refractivity contribution is 5.94. The van der Waals surface area contributed by atoms with Gasteiger partial charge in [-0.3, -0.25) is 9.59 Å². The summed E-state index contributed by atoms with van der Waals surface area (Å²) in [5, 5.41) is 17.2. The molecule has 0 radical (unpaired) electrons. The lowest BCUT2D eigenvalue weighted by molar-refractivity contribution is -0.150. The van der Waals surface area contributed by atoms with Gasteiger partial charge in [-0.2, -0.15) is 0 Å². The average molecular weight is 236 g/mol. The molecule has 0 amide bonds. The van der Waals surface area contributed by atoms with Crippen LogP contribution in [0.2, 0.25) is 0 Å². The van der Waals surface area contributed by atoms with Crippen molar-refractivity contribution in [1.82, 2.24) is 0 Å². The van der Waals surface area contributed by atoms with Crippen LogP contribution in [0.1, 0.15) is 6.42 Å². The van der Waals surface area contributed by atoms with Crippen molar-refractivity contribution in [3.63, 3.8) is 0 Å². The molecule has 8 heteroatoms. The Hall–Kier alpha value is -1.67. The zero-order valence-corrected chi connectivity index (χ0v) is 8.54. The minimum Gasteiger partial charge on any atom is -0.469 e. The van der Waals surface area contributed by atoms with E-state index in [9.17, 15) is 14.4 Å². The quantitative estimate of drug-likeness (QED) is 0.441. The normalized spacial score (nSPS) is 11.4. The van der Waals surface area contributed by atoms with Crippen LogP contribution >= 0.6 is 0 Å². The topological polar surface area (TPSA) is 119 Å². The second kappa shape index (κ2) is 7.60. The first-order chi connectivity index (χ1) is 7.49. The Kier molecular flexibility index (Phi) is 6.81. The van der Waals surface area contributed by atoms with E-state index in [4.69, 9.17) is 10.2 Å². The smallest absolute Gasteiger partial charge is 0.469 e. The molecular weight excluding hydrogens is 224 g/mol. The molecule has 0 fully saturated rings. The summed E-state index contributed by atoms with van der Waals surface area (Å²) in [6.07, 6.45) is -3.32. The number of carbonyl (C=O) groups excluding carboxylic acids is 3. The highest BCUT2D eigenvalue weighted by Crippen LogP contribution is 1.94. The van der Waals surface area contributed by atoms with E-state index in [2.05, 4.69) is 14.2 Å². The molecule has 16 heavy (non-hydrogen) atoms. The number of hydrogen-bond acceptors (Lipinski definition) is 8. The van der Waals surface area contributed by atoms with E-state index in [0.717, 1.165) is 7.11 Å². The second-order valence-corrected chi connectivity index (χ2v) is 2.62. The van der Waals surface area contributed by atoms with Crippen LogP contribution in [0.15, 0.2) is 0 Å². The monoisotopic (exact) mass is 236 g/mol. The lowest BCUT2D eigenvalue weighted by atomic mass is 10.4. The average Bonchev–Trinajstić information content (AvgIpc) is 2.25. The molecule has 8 nitrogen and oxygen atoms in total. The van der Waals surface area contributed by atoms with Crippen molar-refractivity contribution in [3.05, 3.63) is 0 Å². The standard InChI is InChI=1S/C8H12O8/c1-14-6(11)2-7(12)16-8(13)15-4-5(10)3-9/h5,9-10H,2-4H2,1H3. The van der Waals surface area contributed by atoms with E-state index in [1.807, 2.05) is 0 Å². The maximum atomic E-state index is 10.8. The minimum atomic E-state index is -1.36. The van der Waals surface area contributed by atoms with E-state index in [-0.39, 0.29) is 0 Å². The number of aliphatic hydroxyl groups excluding tert-OH is 2. The molecule has 0 rings (SSSR count). The summed E-state index contributed by atoms with van der Waals surface area (Å²) in [5.41, 5.74) is 0. The lowest BCUT2D eigenvalue weighted by Crippen LogP contribution is -2.24. The summed E-state index contributed by atoms with van der Waals surface area (Å²) in [4.78, 5) is 32.1. The number of carbonyl (C=O) groups is 3. The summed E-state index contributed by atoms with van der Waals surface area (Å²) in [5.74, 6) is -1.98. The third-order valence-electron chi connectivity index (χ3n) is 1.32. The van der Waals surface area contributed by atoms with E-state index >= 15 is 0 Å². The van der Waals surface area contributed by atoms with Crippen molar-refractivity contribution in [2.24, 2.45) is 0 Å². The molecule has 0 spiro atoms. The highest BCUT2D eigenvalue weighted by Gasteiger charge is 2.17. The van der Waals surface area contributed by atoms with Gasteiger partial charge in [-0.1, -0.05) is 0 Å². The van der Waals surface area contributed by atoms with Crippen LogP contribution in [-0.2, 0) is 23.8 Å². The second-order valence-electron chi connectivity index (χ2n) is 2.62. The van der Waals surface area contributed by atoms with Gasteiger partial charge < -0.3 is 24.4 Å². The fourth-order valence-corrected chi connectivity index (χ4v) is 0.565. The van der Waals surface area contributed by atoms with Crippen molar-refractivity contribution in [1.29, 1.82) is 0 Å². The SMILES string of the molecule is COC(=O)CC(=O)OC(=O)OCC(O)CO. The summed E-state index contributed by atoms with van der Waals surface area (Å²) < 4.78 is 12.4. The van der Waals surface area contributed by atoms with Gasteiger partial charge in [-0.05, 0) is 0 Å². The van der Waals surface area contributed by atoms with Gasteiger partial charge in [0.25, 0.3) is 0 Å². The van der Waals surface area contributed by atoms with Gasteiger partial charge >= 0.3 is 18.1 Å². The predicted octanol–water partition coefficient (Wildman–Crippen LogP) is -1.42. The summed E-state index contributed by atoms with van der Waals surface area (Å²) in [6, 6.07) is 0. The van der Waals surface area contributed by atoms with E-state index < -0.39 is 43.8 Å². The Balaban J connectivity index is 3.79. The summed E-state index contributed by atoms with van der Waals surface area (Å²) in [7, 11) is 1.07. The highest BCUT2D eigenvalue weighted by atomic mass is 16.7. The van der Waals surface area contributed by atoms with E-state index in [0.29, 0.717) is 0 Å². The molecule has 1 unspecified atom stereocenters. The molecule has 0 saturated carbocycles. The van der Waals surface area contributed by atoms with Gasteiger partial charge in [0.1, 0.15) is 19.1 Å². The van der Waals surface area contributed by atoms with Crippen molar-refractivity contribution in [2.45, 2.75) is 12.5 Å². The van der Waals surface area contributed by atoms with E-state index in [1.165, 1.54) is 0 Å². The first kappa shape index (κ1) is 14.3. The number of esters is 2. The first-order valence-corrected chi connectivity index (χ1v) is 4.22. The molecule has 0 aliphatic rings. The van der Waals surface area contributed by atoms with Gasteiger partial charge in [0, 0.05) is 0 Å². The molecule has 0 bridgehead atoms. The maximum Gasteiger partial charge on any atom is 0.516 e. The molecule has 0 saturated heterocycles. The Morgan fingerprint density at radius 2 is 1.88 bits per heavy atom. The van der Waals surface area contributed by atoms with Crippen molar-refractivity contribution in [2.75, 3.05) is 20.3 Å². The predicted molar refractivity (Wildman–Crippen MR) is 47.2 cm³/mol. The van der Waals surface area contributed by atoms with Gasteiger partial charge in [0.2, 0.25) is 0 Å². The molecule has 2 N–H and O–H groups in total. The molecule has 0 aromatic rings. The zero-order chi connectivity index (χ0) is 12.6. The van der Waals surface area contributed by atoms with Gasteiger partial charge in [0.05, 0.1) is 13.7 Å². The summed E-state index contributed by atoms with van der Waals surface area (Å²) in [6.45, 7) is -1.11. The molecule has 1 atom stereocenters. The Labute approximate surface area is 90.7 Å². The first-order valence-electron chi connectivity index (χ1n) is 4.22. The molecule has 0 aromatic heterocycles. The number of hydrogen-bond donors (Lipinski definition) is 2. The largest absolute Gasteiger partial charge is 0.516 e. The van der Waals surface area contributed by atoms with Crippen LogP contribution in [-0.4, -0.2) is 54.7 Å². The molecule has 0 aliphatic heterocycles. The number of methoxy groups -OCH3 is 1. The van der Waals surface area contributed by atoms with Crippen LogP contribution in [0.3, 0.4) is 0 Å². The maximum absolute atomic E-state index is 10.8. The number of ether oxygens (including phenoxy) is 3. The van der Waals surface area contributed by atoms with Crippen LogP contribution in [0.25, 0.3) is 0 Å². The minimum absolute atomic E-state index is 0.513. The van der Waals surface area contributed by atoms with Gasteiger partial charge in [-0.15, -0.1) is 0 Å². The fraction of sp³-hybridized carbons (Fsp3) is 0.625. The van der Waals surface area contributed by atoms with Crippen LogP contribution < -0.4 is 0 Å². The van der Waals surface area contributed by atoms with Crippen LogP contribution in [0.5, 0.6) is 0 Å². The molecular formula is C8H12O8. The van der Waals surface area contributed by atoms with E-state index in [1.54, 1.807) is 0 Å². The Morgan fingerprint density at radius 3 is 2.38 bits per heavy atom. The molecule has 92 valence electrons. The summed E-state index contributed by atoms with van der Waals surface area (Å²) >= 11 is 0. The van der Waals surface area contributed by atoms with Crippen LogP contribution in [0, 0.1) is 0 Å². The number of rotatable bonds is 5. The fourth-order valence-electron chi connectivity index (χ4n) is 0.565. The molecule has 0 aromatic carbocycles. The lowest BCUT2D eigenvalue weighted by Gasteiger charge is -2.07. The van der Waals surface area contributed by atoms with Gasteiger partial charge in [0.15, 0.2) is 0 Å². The Morgan fingerprint density at radius 1 is 1.25 bits per heavy atom. The Bertz CT molecular complexity index is 261. The third kappa shape index (κ3) is 6.74. The molecule has 0 aliphatic carbocycles. The zero-order valence-electron chi connectivity index (χ0n) is 8.54. The van der Waals surface area contributed by atoms with Crippen molar-refractivity contribution >= 4 is 18.1 Å². The number of aliphatic hydroxyl groups is 2. The van der Waals surface area contributed by atoms with Crippen LogP contribution in [0.4, 0.5) is 4.79 Å². The van der Waals surface area contributed by atoms with Crippen molar-refractivity contribution in [3.8, 4) is 0 Å². The van der Waals surface area contributed by atoms with Crippen molar-refractivity contribution < 1.29 is 38.8 Å². The molecule has 0 heterocycles. The van der Waals surface area contributed by atoms with Gasteiger partial charge in [-0.25, -0.2) is 4.79 Å². The third-order valence-corrected chi connectivity index (χ3v) is 1.32.